The molecule has 3 heteroatoms. The Morgan fingerprint density at radius 1 is 1.31 bits per heavy atom. The van der Waals surface area contributed by atoms with Crippen LogP contribution in [0.2, 0.25) is 0 Å². The molecule has 1 aromatic heterocycles. The minimum Gasteiger partial charge on any atom is -0.316 e. The molecule has 0 aliphatic carbocycles. The fourth-order valence-electron chi connectivity index (χ4n) is 1.35. The zero-order valence-electron chi connectivity index (χ0n) is 7.10. The third-order valence-corrected chi connectivity index (χ3v) is 2.59. The van der Waals surface area contributed by atoms with Crippen molar-refractivity contribution >= 4 is 26.7 Å². The maximum Gasteiger partial charge on any atom is 0.249 e. The minimum atomic E-state index is -0.0787. The highest BCUT2D eigenvalue weighted by Crippen LogP contribution is 2.20. The van der Waals surface area contributed by atoms with Crippen molar-refractivity contribution in [1.29, 1.82) is 0 Å². The smallest absolute Gasteiger partial charge is 0.249 e. The molecule has 2 rings (SSSR count). The first-order valence-electron chi connectivity index (χ1n) is 3.96. The van der Waals surface area contributed by atoms with E-state index in [4.69, 9.17) is 0 Å². The number of halogens is 1. The SMILES string of the molecule is Cc1ccc2c(Br)[nH]c(=O)cc2c1. The quantitative estimate of drug-likeness (QED) is 0.703. The highest BCUT2D eigenvalue weighted by atomic mass is 79.9. The summed E-state index contributed by atoms with van der Waals surface area (Å²) in [5, 5.41) is 2.00. The van der Waals surface area contributed by atoms with Crippen molar-refractivity contribution in [2.75, 3.05) is 0 Å². The van der Waals surface area contributed by atoms with E-state index in [2.05, 4.69) is 20.9 Å². The molecule has 13 heavy (non-hydrogen) atoms. The van der Waals surface area contributed by atoms with E-state index in [1.165, 1.54) is 0 Å². The third kappa shape index (κ3) is 1.52. The van der Waals surface area contributed by atoms with E-state index in [1.54, 1.807) is 6.07 Å². The number of aromatic nitrogens is 1. The van der Waals surface area contributed by atoms with Gasteiger partial charge < -0.3 is 4.98 Å². The van der Waals surface area contributed by atoms with Gasteiger partial charge in [-0.05, 0) is 28.2 Å². The van der Waals surface area contributed by atoms with Crippen molar-refractivity contribution in [3.05, 3.63) is 44.8 Å². The predicted molar refractivity (Wildman–Crippen MR) is 57.0 cm³/mol. The first-order chi connectivity index (χ1) is 6.16. The highest BCUT2D eigenvalue weighted by Gasteiger charge is 1.99. The summed E-state index contributed by atoms with van der Waals surface area (Å²) in [7, 11) is 0. The van der Waals surface area contributed by atoms with Gasteiger partial charge in [0.2, 0.25) is 5.56 Å². The number of aromatic amines is 1. The summed E-state index contributed by atoms with van der Waals surface area (Å²) in [5.41, 5.74) is 1.08. The molecule has 0 unspecified atom stereocenters. The fourth-order valence-corrected chi connectivity index (χ4v) is 1.91. The normalized spacial score (nSPS) is 10.6. The molecule has 0 amide bonds. The van der Waals surface area contributed by atoms with Crippen molar-refractivity contribution in [1.82, 2.24) is 4.98 Å². The van der Waals surface area contributed by atoms with Gasteiger partial charge in [0.1, 0.15) is 0 Å². The van der Waals surface area contributed by atoms with Crippen LogP contribution in [0.15, 0.2) is 33.7 Å². The molecule has 66 valence electrons. The average molecular weight is 238 g/mol. The van der Waals surface area contributed by atoms with Crippen LogP contribution >= 0.6 is 15.9 Å². The number of hydrogen-bond acceptors (Lipinski definition) is 1. The van der Waals surface area contributed by atoms with Crippen LogP contribution in [0.1, 0.15) is 5.56 Å². The van der Waals surface area contributed by atoms with E-state index in [0.717, 1.165) is 20.9 Å². The van der Waals surface area contributed by atoms with Gasteiger partial charge in [-0.3, -0.25) is 4.79 Å². The van der Waals surface area contributed by atoms with Crippen molar-refractivity contribution < 1.29 is 0 Å². The van der Waals surface area contributed by atoms with Crippen molar-refractivity contribution in [2.24, 2.45) is 0 Å². The maximum absolute atomic E-state index is 11.1. The number of fused-ring (bicyclic) bond motifs is 1. The molecule has 0 aliphatic heterocycles. The van der Waals surface area contributed by atoms with Gasteiger partial charge in [0.25, 0.3) is 0 Å². The van der Waals surface area contributed by atoms with Crippen LogP contribution in [0.3, 0.4) is 0 Å². The summed E-state index contributed by atoms with van der Waals surface area (Å²) in [5.74, 6) is 0. The van der Waals surface area contributed by atoms with Crippen LogP contribution in [0.25, 0.3) is 10.8 Å². The van der Waals surface area contributed by atoms with Gasteiger partial charge in [-0.2, -0.15) is 0 Å². The van der Waals surface area contributed by atoms with E-state index in [-0.39, 0.29) is 5.56 Å². The molecule has 0 aliphatic rings. The molecule has 0 atom stereocenters. The number of rotatable bonds is 0. The molecule has 0 radical (unpaired) electrons. The van der Waals surface area contributed by atoms with Crippen molar-refractivity contribution in [3.8, 4) is 0 Å². The third-order valence-electron chi connectivity index (χ3n) is 1.96. The topological polar surface area (TPSA) is 32.9 Å². The molecular weight excluding hydrogens is 230 g/mol. The van der Waals surface area contributed by atoms with E-state index < -0.39 is 0 Å². The zero-order chi connectivity index (χ0) is 9.42. The lowest BCUT2D eigenvalue weighted by Crippen LogP contribution is -2.03. The van der Waals surface area contributed by atoms with E-state index in [0.29, 0.717) is 0 Å². The summed E-state index contributed by atoms with van der Waals surface area (Å²) >= 11 is 3.32. The van der Waals surface area contributed by atoms with E-state index in [9.17, 15) is 4.79 Å². The fraction of sp³-hybridized carbons (Fsp3) is 0.100. The summed E-state index contributed by atoms with van der Waals surface area (Å²) in [6, 6.07) is 7.61. The van der Waals surface area contributed by atoms with Gasteiger partial charge >= 0.3 is 0 Å². The molecule has 1 N–H and O–H groups in total. The van der Waals surface area contributed by atoms with Crippen LogP contribution in [0.4, 0.5) is 0 Å². The Bertz CT molecular complexity index is 516. The number of nitrogens with one attached hydrogen (secondary N) is 1. The lowest BCUT2D eigenvalue weighted by molar-refractivity contribution is 1.23. The van der Waals surface area contributed by atoms with Gasteiger partial charge in [0.15, 0.2) is 0 Å². The second-order valence-corrected chi connectivity index (χ2v) is 3.83. The Morgan fingerprint density at radius 2 is 2.08 bits per heavy atom. The standard InChI is InChI=1S/C10H8BrNO/c1-6-2-3-8-7(4-6)5-9(13)12-10(8)11/h2-5H,1H3,(H,12,13). The minimum absolute atomic E-state index is 0.0787. The van der Waals surface area contributed by atoms with Crippen LogP contribution in [-0.4, -0.2) is 4.98 Å². The van der Waals surface area contributed by atoms with Gasteiger partial charge in [-0.15, -0.1) is 0 Å². The molecule has 0 saturated carbocycles. The lowest BCUT2D eigenvalue weighted by atomic mass is 10.1. The van der Waals surface area contributed by atoms with Gasteiger partial charge in [-0.25, -0.2) is 0 Å². The number of pyridine rings is 1. The molecule has 0 fully saturated rings. The summed E-state index contributed by atoms with van der Waals surface area (Å²) in [4.78, 5) is 13.8. The Hall–Kier alpha value is -1.09. The molecule has 2 aromatic rings. The van der Waals surface area contributed by atoms with Crippen LogP contribution in [-0.2, 0) is 0 Å². The predicted octanol–water partition coefficient (Wildman–Crippen LogP) is 2.60. The second-order valence-electron chi connectivity index (χ2n) is 3.04. The van der Waals surface area contributed by atoms with Crippen LogP contribution < -0.4 is 5.56 Å². The summed E-state index contributed by atoms with van der Waals surface area (Å²) < 4.78 is 0.745. The van der Waals surface area contributed by atoms with Gasteiger partial charge in [0, 0.05) is 11.5 Å². The molecule has 0 saturated heterocycles. The lowest BCUT2D eigenvalue weighted by Gasteiger charge is -2.00. The number of benzene rings is 1. The summed E-state index contributed by atoms with van der Waals surface area (Å²) in [6.07, 6.45) is 0. The Labute approximate surface area is 83.7 Å². The van der Waals surface area contributed by atoms with Crippen molar-refractivity contribution in [2.45, 2.75) is 6.92 Å². The first kappa shape index (κ1) is 8.51. The Balaban J connectivity index is 2.94. The van der Waals surface area contributed by atoms with Crippen molar-refractivity contribution in [3.63, 3.8) is 0 Å². The monoisotopic (exact) mass is 237 g/mol. The van der Waals surface area contributed by atoms with Crippen LogP contribution in [0, 0.1) is 6.92 Å². The number of H-pyrrole nitrogens is 1. The second kappa shape index (κ2) is 3.00. The summed E-state index contributed by atoms with van der Waals surface area (Å²) in [6.45, 7) is 2.01. The largest absolute Gasteiger partial charge is 0.316 e. The molecule has 0 bridgehead atoms. The van der Waals surface area contributed by atoms with Gasteiger partial charge in [-0.1, -0.05) is 23.8 Å². The number of hydrogen-bond donors (Lipinski definition) is 1. The molecule has 0 spiro atoms. The molecular formula is C10H8BrNO. The van der Waals surface area contributed by atoms with E-state index >= 15 is 0 Å². The average Bonchev–Trinajstić information content (AvgIpc) is 2.02. The zero-order valence-corrected chi connectivity index (χ0v) is 8.68. The Morgan fingerprint density at radius 3 is 2.85 bits per heavy atom. The van der Waals surface area contributed by atoms with Gasteiger partial charge in [0.05, 0.1) is 4.60 Å². The maximum atomic E-state index is 11.1. The molecule has 2 nitrogen and oxygen atoms in total. The molecule has 1 aromatic carbocycles. The first-order valence-corrected chi connectivity index (χ1v) is 4.75. The Kier molecular flexibility index (Phi) is 1.96. The van der Waals surface area contributed by atoms with E-state index in [1.807, 2.05) is 25.1 Å². The van der Waals surface area contributed by atoms with Crippen LogP contribution in [0.5, 0.6) is 0 Å². The highest BCUT2D eigenvalue weighted by molar-refractivity contribution is 9.10. The number of aryl methyl sites for hydroxylation is 1. The molecule has 1 heterocycles.